The van der Waals surface area contributed by atoms with Crippen LogP contribution < -0.4 is 0 Å². The standard InChI is InChI=1S/C29H27N3O4/c1-19(2)32-26(35)28-15-13-22(30(24(28)33)17-20-9-5-3-6-10-20)23-14-16-29(28,27(32)36)25(34)31(23)18-21-11-7-4-8-12-21/h3-16,19,22-23H,17-18H2,1-2H3/t22-,23-,28-,29-/m0/s1. The molecule has 7 heteroatoms. The second-order valence-corrected chi connectivity index (χ2v) is 10.2. The normalized spacial score (nSPS) is 30.5. The van der Waals surface area contributed by atoms with E-state index >= 15 is 0 Å². The molecule has 0 radical (unpaired) electrons. The van der Waals surface area contributed by atoms with Crippen LogP contribution in [0.3, 0.4) is 0 Å². The molecule has 9 rings (SSSR count). The van der Waals surface area contributed by atoms with Gasteiger partial charge in [-0.25, -0.2) is 0 Å². The molecule has 0 saturated carbocycles. The Morgan fingerprint density at radius 3 is 1.39 bits per heavy atom. The first-order valence-electron chi connectivity index (χ1n) is 12.3. The van der Waals surface area contributed by atoms with Crippen LogP contribution in [0.4, 0.5) is 0 Å². The van der Waals surface area contributed by atoms with Gasteiger partial charge in [-0.2, -0.15) is 0 Å². The van der Waals surface area contributed by atoms with Gasteiger partial charge in [0.2, 0.25) is 11.8 Å². The maximum Gasteiger partial charge on any atom is 0.251 e. The van der Waals surface area contributed by atoms with Gasteiger partial charge in [-0.05, 0) is 25.0 Å². The number of carbonyl (C=O) groups is 4. The lowest BCUT2D eigenvalue weighted by Crippen LogP contribution is -2.71. The van der Waals surface area contributed by atoms with E-state index in [1.54, 1.807) is 35.8 Å². The molecule has 0 unspecified atom stereocenters. The van der Waals surface area contributed by atoms with Crippen LogP contribution in [-0.2, 0) is 32.3 Å². The highest BCUT2D eigenvalue weighted by atomic mass is 16.2. The van der Waals surface area contributed by atoms with E-state index in [4.69, 9.17) is 0 Å². The molecule has 4 amide bonds. The lowest BCUT2D eigenvalue weighted by Gasteiger charge is -2.54. The van der Waals surface area contributed by atoms with Gasteiger partial charge in [-0.1, -0.05) is 85.0 Å². The lowest BCUT2D eigenvalue weighted by atomic mass is 9.58. The highest BCUT2D eigenvalue weighted by Gasteiger charge is 2.79. The predicted molar refractivity (Wildman–Crippen MR) is 132 cm³/mol. The Labute approximate surface area is 209 Å². The van der Waals surface area contributed by atoms with Crippen molar-refractivity contribution in [2.24, 2.45) is 10.8 Å². The molecule has 1 aliphatic carbocycles. The van der Waals surface area contributed by atoms with Crippen molar-refractivity contribution in [2.45, 2.75) is 45.1 Å². The van der Waals surface area contributed by atoms with Gasteiger partial charge in [0.05, 0.1) is 12.1 Å². The summed E-state index contributed by atoms with van der Waals surface area (Å²) in [6.07, 6.45) is 6.82. The van der Waals surface area contributed by atoms with Crippen LogP contribution in [0.15, 0.2) is 85.0 Å². The van der Waals surface area contributed by atoms with Gasteiger partial charge in [0, 0.05) is 19.1 Å². The largest absolute Gasteiger partial charge is 0.328 e. The molecule has 2 aromatic rings. The average Bonchev–Trinajstić information content (AvgIpc) is 3.03. The number of nitrogens with zero attached hydrogens (tertiary/aromatic N) is 3. The fourth-order valence-corrected chi connectivity index (χ4v) is 6.28. The van der Waals surface area contributed by atoms with Crippen molar-refractivity contribution in [3.8, 4) is 0 Å². The summed E-state index contributed by atoms with van der Waals surface area (Å²) in [5.74, 6) is -2.22. The quantitative estimate of drug-likeness (QED) is 0.374. The second-order valence-electron chi connectivity index (χ2n) is 10.2. The first kappa shape index (κ1) is 22.5. The SMILES string of the molecule is CC(C)N1C(=O)[C@@]23C=C[C@@H]([C@@H]4C=C[C@@]2(C1=O)C(=O)N4Cc1ccccc1)N(Cc1ccccc1)C3=O. The van der Waals surface area contributed by atoms with Crippen molar-refractivity contribution < 1.29 is 19.2 Å². The molecule has 2 spiro atoms. The number of rotatable bonds is 5. The zero-order chi connectivity index (χ0) is 25.2. The van der Waals surface area contributed by atoms with Crippen molar-refractivity contribution in [2.75, 3.05) is 0 Å². The number of hydrogen-bond acceptors (Lipinski definition) is 4. The number of amides is 4. The molecule has 0 N–H and O–H groups in total. The van der Waals surface area contributed by atoms with Crippen molar-refractivity contribution >= 4 is 23.6 Å². The number of benzene rings is 2. The van der Waals surface area contributed by atoms with Crippen molar-refractivity contribution in [3.05, 3.63) is 96.1 Å². The lowest BCUT2D eigenvalue weighted by molar-refractivity contribution is -0.171. The fraction of sp³-hybridized carbons (Fsp3) is 0.310. The molecule has 2 aromatic carbocycles. The second kappa shape index (κ2) is 7.75. The van der Waals surface area contributed by atoms with Crippen LogP contribution in [0.1, 0.15) is 25.0 Å². The third-order valence-corrected chi connectivity index (χ3v) is 8.00. The Bertz CT molecular complexity index is 1240. The number of carbonyl (C=O) groups excluding carboxylic acids is 4. The monoisotopic (exact) mass is 481 g/mol. The Hall–Kier alpha value is -4.00. The highest BCUT2D eigenvalue weighted by Crippen LogP contribution is 2.58. The summed E-state index contributed by atoms with van der Waals surface area (Å²) in [5, 5.41) is 0. The molecule has 4 bridgehead atoms. The van der Waals surface area contributed by atoms with Crippen molar-refractivity contribution in [3.63, 3.8) is 0 Å². The molecule has 2 fully saturated rings. The number of imide groups is 1. The van der Waals surface area contributed by atoms with E-state index in [-0.39, 0.29) is 13.1 Å². The molecule has 6 aliphatic heterocycles. The molecule has 6 heterocycles. The minimum absolute atomic E-state index is 0.271. The van der Waals surface area contributed by atoms with Crippen LogP contribution in [0, 0.1) is 10.8 Å². The van der Waals surface area contributed by atoms with E-state index in [2.05, 4.69) is 0 Å². The minimum Gasteiger partial charge on any atom is -0.328 e. The van der Waals surface area contributed by atoms with Gasteiger partial charge in [-0.15, -0.1) is 0 Å². The highest BCUT2D eigenvalue weighted by molar-refractivity contribution is 6.30. The van der Waals surface area contributed by atoms with E-state index in [0.29, 0.717) is 0 Å². The van der Waals surface area contributed by atoms with Crippen molar-refractivity contribution in [1.29, 1.82) is 0 Å². The molecule has 2 saturated heterocycles. The average molecular weight is 482 g/mol. The number of hydrogen-bond donors (Lipinski definition) is 0. The zero-order valence-electron chi connectivity index (χ0n) is 20.2. The topological polar surface area (TPSA) is 78.0 Å². The van der Waals surface area contributed by atoms with Gasteiger partial charge in [0.1, 0.15) is 0 Å². The van der Waals surface area contributed by atoms with Gasteiger partial charge >= 0.3 is 0 Å². The van der Waals surface area contributed by atoms with Crippen LogP contribution in [0.5, 0.6) is 0 Å². The zero-order valence-corrected chi connectivity index (χ0v) is 20.2. The Kier molecular flexibility index (Phi) is 4.84. The molecule has 0 aromatic heterocycles. The third-order valence-electron chi connectivity index (χ3n) is 8.00. The maximum absolute atomic E-state index is 14.4. The summed E-state index contributed by atoms with van der Waals surface area (Å²) in [6, 6.07) is 17.7. The summed E-state index contributed by atoms with van der Waals surface area (Å²) in [7, 11) is 0. The van der Waals surface area contributed by atoms with Crippen LogP contribution in [0.2, 0.25) is 0 Å². The van der Waals surface area contributed by atoms with Crippen LogP contribution in [0.25, 0.3) is 0 Å². The van der Waals surface area contributed by atoms with E-state index < -0.39 is 52.6 Å². The van der Waals surface area contributed by atoms with Crippen molar-refractivity contribution in [1.82, 2.24) is 14.7 Å². The van der Waals surface area contributed by atoms with Gasteiger partial charge < -0.3 is 9.80 Å². The third kappa shape index (κ3) is 2.68. The first-order chi connectivity index (χ1) is 17.3. The summed E-state index contributed by atoms with van der Waals surface area (Å²) in [6.45, 7) is 4.00. The molecule has 7 nitrogen and oxygen atoms in total. The van der Waals surface area contributed by atoms with Gasteiger partial charge in [0.25, 0.3) is 11.8 Å². The predicted octanol–water partition coefficient (Wildman–Crippen LogP) is 2.68. The maximum atomic E-state index is 14.4. The van der Waals surface area contributed by atoms with Gasteiger partial charge in [0.15, 0.2) is 10.8 Å². The van der Waals surface area contributed by atoms with E-state index in [1.807, 2.05) is 72.8 Å². The molecule has 36 heavy (non-hydrogen) atoms. The van der Waals surface area contributed by atoms with Crippen LogP contribution in [-0.4, -0.2) is 56.5 Å². The molecular formula is C29H27N3O4. The molecular weight excluding hydrogens is 454 g/mol. The fourth-order valence-electron chi connectivity index (χ4n) is 6.28. The Morgan fingerprint density at radius 1 is 0.639 bits per heavy atom. The van der Waals surface area contributed by atoms with Gasteiger partial charge in [-0.3, -0.25) is 24.1 Å². The molecule has 7 aliphatic rings. The first-order valence-corrected chi connectivity index (χ1v) is 12.3. The molecule has 182 valence electrons. The minimum atomic E-state index is -1.94. The Morgan fingerprint density at radius 2 is 1.03 bits per heavy atom. The molecule has 4 atom stereocenters. The summed E-state index contributed by atoms with van der Waals surface area (Å²) in [5.41, 5.74) is -2.05. The Balaban J connectivity index is 1.57. The van der Waals surface area contributed by atoms with E-state index in [9.17, 15) is 19.2 Å². The summed E-state index contributed by atoms with van der Waals surface area (Å²) in [4.78, 5) is 61.3. The van der Waals surface area contributed by atoms with Crippen LogP contribution >= 0.6 is 0 Å². The summed E-state index contributed by atoms with van der Waals surface area (Å²) < 4.78 is 0. The number of likely N-dealkylation sites (tertiary alicyclic amines) is 1. The summed E-state index contributed by atoms with van der Waals surface area (Å²) >= 11 is 0. The van der Waals surface area contributed by atoms with E-state index in [0.717, 1.165) is 16.0 Å². The smallest absolute Gasteiger partial charge is 0.251 e. The van der Waals surface area contributed by atoms with E-state index in [1.165, 1.54) is 0 Å².